The van der Waals surface area contributed by atoms with Crippen LogP contribution >= 0.6 is 15.9 Å². The summed E-state index contributed by atoms with van der Waals surface area (Å²) in [5.74, 6) is 1.39. The topological polar surface area (TPSA) is 35.5 Å². The Balaban J connectivity index is 1.54. The van der Waals surface area contributed by atoms with E-state index in [2.05, 4.69) is 15.9 Å². The second kappa shape index (κ2) is 7.18. The minimum absolute atomic E-state index is 0.120. The Morgan fingerprint density at radius 3 is 2.54 bits per heavy atom. The third-order valence-electron chi connectivity index (χ3n) is 4.08. The van der Waals surface area contributed by atoms with Crippen LogP contribution in [0.1, 0.15) is 21.5 Å². The SMILES string of the molecule is O=C1/C(=C\c2ccccc2Br)Oc2cc(OCc3ccccc3)ccc21. The number of ether oxygens (including phenoxy) is 2. The van der Waals surface area contributed by atoms with E-state index >= 15 is 0 Å². The summed E-state index contributed by atoms with van der Waals surface area (Å²) in [6.45, 7) is 0.466. The molecule has 0 saturated carbocycles. The van der Waals surface area contributed by atoms with Crippen LogP contribution in [0.5, 0.6) is 11.5 Å². The van der Waals surface area contributed by atoms with Crippen LogP contribution in [0.2, 0.25) is 0 Å². The highest BCUT2D eigenvalue weighted by molar-refractivity contribution is 9.10. The van der Waals surface area contributed by atoms with Gasteiger partial charge in [0.25, 0.3) is 0 Å². The summed E-state index contributed by atoms with van der Waals surface area (Å²) in [7, 11) is 0. The van der Waals surface area contributed by atoms with Crippen molar-refractivity contribution in [1.82, 2.24) is 0 Å². The Kier molecular flexibility index (Phi) is 4.59. The lowest BCUT2D eigenvalue weighted by Gasteiger charge is -2.07. The van der Waals surface area contributed by atoms with Crippen LogP contribution in [-0.4, -0.2) is 5.78 Å². The maximum Gasteiger partial charge on any atom is 0.231 e. The molecule has 0 aromatic heterocycles. The van der Waals surface area contributed by atoms with Crippen molar-refractivity contribution in [1.29, 1.82) is 0 Å². The summed E-state index contributed by atoms with van der Waals surface area (Å²) in [4.78, 5) is 12.6. The first-order valence-electron chi connectivity index (χ1n) is 8.20. The quantitative estimate of drug-likeness (QED) is 0.525. The summed E-state index contributed by atoms with van der Waals surface area (Å²) in [5, 5.41) is 0. The summed E-state index contributed by atoms with van der Waals surface area (Å²) >= 11 is 3.48. The van der Waals surface area contributed by atoms with E-state index in [-0.39, 0.29) is 5.78 Å². The predicted molar refractivity (Wildman–Crippen MR) is 104 cm³/mol. The molecule has 0 spiro atoms. The average Bonchev–Trinajstić information content (AvgIpc) is 2.98. The first-order valence-corrected chi connectivity index (χ1v) is 8.99. The molecule has 128 valence electrons. The summed E-state index contributed by atoms with van der Waals surface area (Å²) < 4.78 is 12.5. The monoisotopic (exact) mass is 406 g/mol. The highest BCUT2D eigenvalue weighted by Crippen LogP contribution is 2.35. The van der Waals surface area contributed by atoms with E-state index in [0.717, 1.165) is 15.6 Å². The highest BCUT2D eigenvalue weighted by atomic mass is 79.9. The van der Waals surface area contributed by atoms with Gasteiger partial charge < -0.3 is 9.47 Å². The van der Waals surface area contributed by atoms with Gasteiger partial charge >= 0.3 is 0 Å². The van der Waals surface area contributed by atoms with Gasteiger partial charge in [-0.1, -0.05) is 64.5 Å². The number of allylic oxidation sites excluding steroid dienone is 1. The van der Waals surface area contributed by atoms with Crippen molar-refractivity contribution < 1.29 is 14.3 Å². The Bertz CT molecular complexity index is 993. The van der Waals surface area contributed by atoms with Crippen LogP contribution < -0.4 is 9.47 Å². The van der Waals surface area contributed by atoms with Crippen LogP contribution in [-0.2, 0) is 6.61 Å². The molecule has 0 unspecified atom stereocenters. The number of rotatable bonds is 4. The van der Waals surface area contributed by atoms with E-state index in [1.165, 1.54) is 0 Å². The van der Waals surface area contributed by atoms with Crippen LogP contribution in [0.4, 0.5) is 0 Å². The molecular formula is C22H15BrO3. The minimum atomic E-state index is -0.120. The van der Waals surface area contributed by atoms with E-state index in [0.29, 0.717) is 29.4 Å². The van der Waals surface area contributed by atoms with Gasteiger partial charge in [0.2, 0.25) is 5.78 Å². The molecule has 1 aliphatic rings. The van der Waals surface area contributed by atoms with Crippen molar-refractivity contribution in [3.8, 4) is 11.5 Å². The molecule has 0 radical (unpaired) electrons. The van der Waals surface area contributed by atoms with E-state index in [4.69, 9.17) is 9.47 Å². The Hall–Kier alpha value is -2.85. The standard InChI is InChI=1S/C22H15BrO3/c23-19-9-5-4-8-16(19)12-21-22(24)18-11-10-17(13-20(18)26-21)25-14-15-6-2-1-3-7-15/h1-13H,14H2/b21-12+. The van der Waals surface area contributed by atoms with Gasteiger partial charge in [-0.15, -0.1) is 0 Å². The third-order valence-corrected chi connectivity index (χ3v) is 4.80. The van der Waals surface area contributed by atoms with Crippen LogP contribution in [0.25, 0.3) is 6.08 Å². The van der Waals surface area contributed by atoms with Crippen LogP contribution in [0, 0.1) is 0 Å². The lowest BCUT2D eigenvalue weighted by Crippen LogP contribution is -1.98. The maximum atomic E-state index is 12.6. The summed E-state index contributed by atoms with van der Waals surface area (Å²) in [6, 6.07) is 22.9. The number of hydrogen-bond acceptors (Lipinski definition) is 3. The number of carbonyl (C=O) groups is 1. The van der Waals surface area contributed by atoms with Gasteiger partial charge in [0.15, 0.2) is 5.76 Å². The second-order valence-electron chi connectivity index (χ2n) is 5.89. The number of hydrogen-bond donors (Lipinski definition) is 0. The normalized spacial score (nSPS) is 14.2. The number of ketones is 1. The first-order chi connectivity index (χ1) is 12.7. The molecule has 26 heavy (non-hydrogen) atoms. The van der Waals surface area contributed by atoms with Gasteiger partial charge in [0.1, 0.15) is 18.1 Å². The highest BCUT2D eigenvalue weighted by Gasteiger charge is 2.27. The van der Waals surface area contributed by atoms with Crippen molar-refractivity contribution in [2.75, 3.05) is 0 Å². The van der Waals surface area contributed by atoms with Crippen molar-refractivity contribution in [3.05, 3.63) is 99.7 Å². The van der Waals surface area contributed by atoms with Gasteiger partial charge in [0.05, 0.1) is 5.56 Å². The molecule has 0 fully saturated rings. The maximum absolute atomic E-state index is 12.6. The molecule has 3 aromatic rings. The van der Waals surface area contributed by atoms with E-state index < -0.39 is 0 Å². The first kappa shape index (κ1) is 16.6. The van der Waals surface area contributed by atoms with Gasteiger partial charge in [0, 0.05) is 10.5 Å². The van der Waals surface area contributed by atoms with Gasteiger partial charge in [-0.05, 0) is 35.4 Å². The molecular weight excluding hydrogens is 392 g/mol. The zero-order valence-electron chi connectivity index (χ0n) is 13.8. The molecule has 4 rings (SSSR count). The third kappa shape index (κ3) is 3.41. The van der Waals surface area contributed by atoms with Crippen molar-refractivity contribution in [2.45, 2.75) is 6.61 Å². The van der Waals surface area contributed by atoms with Crippen molar-refractivity contribution in [3.63, 3.8) is 0 Å². The van der Waals surface area contributed by atoms with E-state index in [1.54, 1.807) is 24.3 Å². The van der Waals surface area contributed by atoms with E-state index in [9.17, 15) is 4.79 Å². The largest absolute Gasteiger partial charge is 0.489 e. The molecule has 3 aromatic carbocycles. The Morgan fingerprint density at radius 1 is 0.962 bits per heavy atom. The lowest BCUT2D eigenvalue weighted by atomic mass is 10.1. The Morgan fingerprint density at radius 2 is 1.73 bits per heavy atom. The smallest absolute Gasteiger partial charge is 0.231 e. The number of Topliss-reactive ketones (excluding diaryl/α,β-unsaturated/α-hetero) is 1. The number of halogens is 1. The fourth-order valence-electron chi connectivity index (χ4n) is 2.73. The fraction of sp³-hybridized carbons (Fsp3) is 0.0455. The summed E-state index contributed by atoms with van der Waals surface area (Å²) in [5.41, 5.74) is 2.53. The second-order valence-corrected chi connectivity index (χ2v) is 6.75. The molecule has 0 bridgehead atoms. The molecule has 0 aliphatic carbocycles. The molecule has 0 atom stereocenters. The molecule has 0 N–H and O–H groups in total. The van der Waals surface area contributed by atoms with Crippen molar-refractivity contribution in [2.24, 2.45) is 0 Å². The van der Waals surface area contributed by atoms with Crippen molar-refractivity contribution >= 4 is 27.8 Å². The summed E-state index contributed by atoms with van der Waals surface area (Å²) in [6.07, 6.45) is 1.75. The van der Waals surface area contributed by atoms with Gasteiger partial charge in [-0.2, -0.15) is 0 Å². The molecule has 3 nitrogen and oxygen atoms in total. The lowest BCUT2D eigenvalue weighted by molar-refractivity contribution is 0.101. The van der Waals surface area contributed by atoms with Crippen LogP contribution in [0.15, 0.2) is 83.0 Å². The average molecular weight is 407 g/mol. The minimum Gasteiger partial charge on any atom is -0.489 e. The van der Waals surface area contributed by atoms with Crippen LogP contribution in [0.3, 0.4) is 0 Å². The fourth-order valence-corrected chi connectivity index (χ4v) is 3.13. The predicted octanol–water partition coefficient (Wildman–Crippen LogP) is 5.64. The zero-order valence-corrected chi connectivity index (χ0v) is 15.4. The Labute approximate surface area is 160 Å². The van der Waals surface area contributed by atoms with Gasteiger partial charge in [-0.3, -0.25) is 4.79 Å². The molecule has 0 saturated heterocycles. The van der Waals surface area contributed by atoms with Gasteiger partial charge in [-0.25, -0.2) is 0 Å². The number of benzene rings is 3. The molecule has 0 amide bonds. The molecule has 1 heterocycles. The number of carbonyl (C=O) groups excluding carboxylic acids is 1. The molecule has 1 aliphatic heterocycles. The zero-order chi connectivity index (χ0) is 17.9. The van der Waals surface area contributed by atoms with E-state index in [1.807, 2.05) is 54.6 Å². The number of fused-ring (bicyclic) bond motifs is 1. The molecule has 4 heteroatoms.